The number of hydrogen-bond donors (Lipinski definition) is 2. The van der Waals surface area contributed by atoms with Crippen molar-refractivity contribution in [2.45, 2.75) is 32.2 Å². The summed E-state index contributed by atoms with van der Waals surface area (Å²) in [6, 6.07) is 0.0589. The third kappa shape index (κ3) is 5.23. The van der Waals surface area contributed by atoms with Crippen LogP contribution >= 0.6 is 0 Å². The van der Waals surface area contributed by atoms with Crippen molar-refractivity contribution < 1.29 is 8.42 Å². The van der Waals surface area contributed by atoms with Crippen molar-refractivity contribution in [3.63, 3.8) is 0 Å². The largest absolute Gasteiger partial charge is 0.328 e. The van der Waals surface area contributed by atoms with Gasteiger partial charge in [0.2, 0.25) is 10.0 Å². The van der Waals surface area contributed by atoms with Crippen molar-refractivity contribution in [1.82, 2.24) is 4.72 Å². The molecule has 0 heterocycles. The summed E-state index contributed by atoms with van der Waals surface area (Å²) in [6.45, 7) is 2.34. The van der Waals surface area contributed by atoms with Crippen LogP contribution in [0, 0.1) is 5.92 Å². The SMILES string of the molecule is CC(N)CCNS(=O)(=O)CC1CC1. The van der Waals surface area contributed by atoms with Crippen LogP contribution in [0.4, 0.5) is 0 Å². The number of nitrogens with two attached hydrogens (primary N) is 1. The maximum Gasteiger partial charge on any atom is 0.211 e. The molecule has 0 aliphatic heterocycles. The molecule has 0 aromatic carbocycles. The third-order valence-corrected chi connectivity index (χ3v) is 3.63. The van der Waals surface area contributed by atoms with E-state index in [1.165, 1.54) is 0 Å². The minimum atomic E-state index is -3.02. The van der Waals surface area contributed by atoms with Gasteiger partial charge >= 0.3 is 0 Å². The van der Waals surface area contributed by atoms with Crippen LogP contribution in [0.3, 0.4) is 0 Å². The minimum absolute atomic E-state index is 0.0589. The van der Waals surface area contributed by atoms with Crippen LogP contribution in [0.5, 0.6) is 0 Å². The molecule has 1 rings (SSSR count). The van der Waals surface area contributed by atoms with Gasteiger partial charge in [-0.3, -0.25) is 0 Å². The highest BCUT2D eigenvalue weighted by Crippen LogP contribution is 2.29. The molecule has 5 heteroatoms. The standard InChI is InChI=1S/C8H18N2O2S/c1-7(9)4-5-10-13(11,12)6-8-2-3-8/h7-8,10H,2-6,9H2,1H3. The lowest BCUT2D eigenvalue weighted by atomic mass is 10.3. The summed E-state index contributed by atoms with van der Waals surface area (Å²) < 4.78 is 25.2. The third-order valence-electron chi connectivity index (χ3n) is 2.07. The fourth-order valence-electron chi connectivity index (χ4n) is 1.10. The monoisotopic (exact) mass is 206 g/mol. The van der Waals surface area contributed by atoms with Crippen molar-refractivity contribution in [1.29, 1.82) is 0 Å². The Labute approximate surface area is 79.9 Å². The Kier molecular flexibility index (Phi) is 3.70. The first-order valence-electron chi connectivity index (χ1n) is 4.72. The van der Waals surface area contributed by atoms with Crippen molar-refractivity contribution in [3.8, 4) is 0 Å². The first kappa shape index (κ1) is 10.9. The van der Waals surface area contributed by atoms with Crippen molar-refractivity contribution in [2.75, 3.05) is 12.3 Å². The van der Waals surface area contributed by atoms with Gasteiger partial charge in [0.05, 0.1) is 5.75 Å². The molecule has 78 valence electrons. The molecule has 0 spiro atoms. The minimum Gasteiger partial charge on any atom is -0.328 e. The van der Waals surface area contributed by atoms with Gasteiger partial charge in [-0.2, -0.15) is 0 Å². The maximum absolute atomic E-state index is 11.3. The molecule has 0 aromatic heterocycles. The molecular formula is C8H18N2O2S. The van der Waals surface area contributed by atoms with Crippen LogP contribution in [0.2, 0.25) is 0 Å². The lowest BCUT2D eigenvalue weighted by molar-refractivity contribution is 0.568. The predicted octanol–water partition coefficient (Wildman–Crippen LogP) is 0.0531. The van der Waals surface area contributed by atoms with Crippen LogP contribution in [-0.4, -0.2) is 26.8 Å². The topological polar surface area (TPSA) is 72.2 Å². The highest BCUT2D eigenvalue weighted by Gasteiger charge is 2.27. The van der Waals surface area contributed by atoms with E-state index < -0.39 is 10.0 Å². The summed E-state index contributed by atoms with van der Waals surface area (Å²) in [6.07, 6.45) is 2.83. The second-order valence-electron chi connectivity index (χ2n) is 3.89. The summed E-state index contributed by atoms with van der Waals surface area (Å²) in [5, 5.41) is 0. The summed E-state index contributed by atoms with van der Waals surface area (Å²) >= 11 is 0. The zero-order chi connectivity index (χ0) is 9.90. The molecular weight excluding hydrogens is 188 g/mol. The molecule has 0 aromatic rings. The molecule has 1 fully saturated rings. The summed E-state index contributed by atoms with van der Waals surface area (Å²) in [4.78, 5) is 0. The molecule has 13 heavy (non-hydrogen) atoms. The molecule has 1 aliphatic rings. The molecule has 0 amide bonds. The number of hydrogen-bond acceptors (Lipinski definition) is 3. The zero-order valence-corrected chi connectivity index (χ0v) is 8.81. The molecule has 0 bridgehead atoms. The Morgan fingerprint density at radius 1 is 1.54 bits per heavy atom. The lowest BCUT2D eigenvalue weighted by Crippen LogP contribution is -2.31. The van der Waals surface area contributed by atoms with Crippen LogP contribution in [0.25, 0.3) is 0 Å². The number of rotatable bonds is 6. The molecule has 1 aliphatic carbocycles. The van der Waals surface area contributed by atoms with E-state index in [9.17, 15) is 8.42 Å². The van der Waals surface area contributed by atoms with Crippen LogP contribution < -0.4 is 10.5 Å². The summed E-state index contributed by atoms with van der Waals surface area (Å²) in [5.74, 6) is 0.708. The highest BCUT2D eigenvalue weighted by atomic mass is 32.2. The van der Waals surface area contributed by atoms with E-state index in [2.05, 4.69) is 4.72 Å². The second-order valence-corrected chi connectivity index (χ2v) is 5.74. The first-order chi connectivity index (χ1) is 5.99. The van der Waals surface area contributed by atoms with Crippen LogP contribution in [0.1, 0.15) is 26.2 Å². The Morgan fingerprint density at radius 2 is 2.15 bits per heavy atom. The number of sulfonamides is 1. The number of nitrogens with one attached hydrogen (secondary N) is 1. The van der Waals surface area contributed by atoms with E-state index in [1.807, 2.05) is 6.92 Å². The molecule has 1 unspecified atom stereocenters. The lowest BCUT2D eigenvalue weighted by Gasteiger charge is -2.07. The molecule has 3 N–H and O–H groups in total. The van der Waals surface area contributed by atoms with Crippen LogP contribution in [-0.2, 0) is 10.0 Å². The van der Waals surface area contributed by atoms with E-state index in [1.54, 1.807) is 0 Å². The van der Waals surface area contributed by atoms with Crippen molar-refractivity contribution >= 4 is 10.0 Å². The molecule has 0 saturated heterocycles. The van der Waals surface area contributed by atoms with E-state index >= 15 is 0 Å². The second kappa shape index (κ2) is 4.39. The Morgan fingerprint density at radius 3 is 2.62 bits per heavy atom. The van der Waals surface area contributed by atoms with Crippen LogP contribution in [0.15, 0.2) is 0 Å². The van der Waals surface area contributed by atoms with Gasteiger partial charge < -0.3 is 5.73 Å². The molecule has 4 nitrogen and oxygen atoms in total. The van der Waals surface area contributed by atoms with Gasteiger partial charge in [-0.05, 0) is 32.1 Å². The molecule has 1 saturated carbocycles. The van der Waals surface area contributed by atoms with Gasteiger partial charge in [0.15, 0.2) is 0 Å². The highest BCUT2D eigenvalue weighted by molar-refractivity contribution is 7.89. The fraction of sp³-hybridized carbons (Fsp3) is 1.00. The van der Waals surface area contributed by atoms with Gasteiger partial charge in [0, 0.05) is 12.6 Å². The van der Waals surface area contributed by atoms with Crippen molar-refractivity contribution in [3.05, 3.63) is 0 Å². The van der Waals surface area contributed by atoms with Crippen molar-refractivity contribution in [2.24, 2.45) is 11.7 Å². The molecule has 0 radical (unpaired) electrons. The van der Waals surface area contributed by atoms with E-state index in [0.29, 0.717) is 24.6 Å². The summed E-state index contributed by atoms with van der Waals surface area (Å²) in [5.41, 5.74) is 5.50. The Bertz CT molecular complexity index is 245. The first-order valence-corrected chi connectivity index (χ1v) is 6.38. The van der Waals surface area contributed by atoms with E-state index in [4.69, 9.17) is 5.73 Å². The van der Waals surface area contributed by atoms with E-state index in [0.717, 1.165) is 12.8 Å². The smallest absolute Gasteiger partial charge is 0.211 e. The quantitative estimate of drug-likeness (QED) is 0.645. The fourth-order valence-corrected chi connectivity index (χ4v) is 2.60. The Hall–Kier alpha value is -0.130. The maximum atomic E-state index is 11.3. The zero-order valence-electron chi connectivity index (χ0n) is 7.99. The van der Waals surface area contributed by atoms with Gasteiger partial charge in [0.25, 0.3) is 0 Å². The average Bonchev–Trinajstić information content (AvgIpc) is 2.68. The summed E-state index contributed by atoms with van der Waals surface area (Å²) in [7, 11) is -3.02. The molecule has 1 atom stereocenters. The predicted molar refractivity (Wildman–Crippen MR) is 52.8 cm³/mol. The average molecular weight is 206 g/mol. The van der Waals surface area contributed by atoms with Gasteiger partial charge in [0.1, 0.15) is 0 Å². The normalized spacial score (nSPS) is 20.2. The van der Waals surface area contributed by atoms with E-state index in [-0.39, 0.29) is 6.04 Å². The van der Waals surface area contributed by atoms with Gasteiger partial charge in [-0.15, -0.1) is 0 Å². The van der Waals surface area contributed by atoms with Gasteiger partial charge in [-0.25, -0.2) is 13.1 Å². The Balaban J connectivity index is 2.17. The van der Waals surface area contributed by atoms with Gasteiger partial charge in [-0.1, -0.05) is 0 Å².